The Morgan fingerprint density at radius 2 is 2.00 bits per heavy atom. The van der Waals surface area contributed by atoms with E-state index in [9.17, 15) is 13.2 Å². The van der Waals surface area contributed by atoms with E-state index in [2.05, 4.69) is 4.98 Å². The van der Waals surface area contributed by atoms with Crippen LogP contribution in [-0.2, 0) is 6.18 Å². The van der Waals surface area contributed by atoms with Gasteiger partial charge in [-0.1, -0.05) is 0 Å². The number of hydrogen-bond acceptors (Lipinski definition) is 1. The van der Waals surface area contributed by atoms with Crippen LogP contribution in [0.15, 0.2) is 18.5 Å². The van der Waals surface area contributed by atoms with Gasteiger partial charge in [0.2, 0.25) is 0 Å². The average molecular weight is 187 g/mol. The zero-order chi connectivity index (χ0) is 9.47. The molecule has 1 fully saturated rings. The lowest BCUT2D eigenvalue weighted by molar-refractivity contribution is -0.138. The van der Waals surface area contributed by atoms with Gasteiger partial charge in [-0.25, -0.2) is 0 Å². The molecule has 1 aromatic rings. The second-order valence-corrected chi connectivity index (χ2v) is 3.23. The topological polar surface area (TPSA) is 12.9 Å². The molecule has 0 unspecified atom stereocenters. The van der Waals surface area contributed by atoms with Crippen LogP contribution in [-0.4, -0.2) is 4.98 Å². The van der Waals surface area contributed by atoms with Gasteiger partial charge in [0.25, 0.3) is 0 Å². The fraction of sp³-hybridized carbons (Fsp3) is 0.444. The molecule has 4 heteroatoms. The number of aromatic nitrogens is 1. The van der Waals surface area contributed by atoms with Crippen molar-refractivity contribution < 1.29 is 13.2 Å². The molecule has 0 bridgehead atoms. The van der Waals surface area contributed by atoms with Gasteiger partial charge in [-0.15, -0.1) is 0 Å². The summed E-state index contributed by atoms with van der Waals surface area (Å²) in [7, 11) is 0. The Morgan fingerprint density at radius 3 is 2.54 bits per heavy atom. The van der Waals surface area contributed by atoms with E-state index in [-0.39, 0.29) is 5.92 Å². The summed E-state index contributed by atoms with van der Waals surface area (Å²) in [5.74, 6) is 0.111. The number of nitrogens with zero attached hydrogens (tertiary/aromatic N) is 1. The molecule has 0 N–H and O–H groups in total. The summed E-state index contributed by atoms with van der Waals surface area (Å²) in [5, 5.41) is 0. The molecule has 13 heavy (non-hydrogen) atoms. The summed E-state index contributed by atoms with van der Waals surface area (Å²) in [6.07, 6.45) is -0.192. The Kier molecular flexibility index (Phi) is 1.78. The summed E-state index contributed by atoms with van der Waals surface area (Å²) in [6, 6.07) is 1.47. The maximum Gasteiger partial charge on any atom is 0.418 e. The minimum atomic E-state index is -4.26. The lowest BCUT2D eigenvalue weighted by atomic mass is 10.1. The molecule has 0 saturated heterocycles. The van der Waals surface area contributed by atoms with E-state index in [4.69, 9.17) is 0 Å². The van der Waals surface area contributed by atoms with E-state index in [0.29, 0.717) is 5.56 Å². The third kappa shape index (κ3) is 1.66. The van der Waals surface area contributed by atoms with Crippen LogP contribution in [0.5, 0.6) is 0 Å². The minimum absolute atomic E-state index is 0.111. The third-order valence-corrected chi connectivity index (χ3v) is 2.18. The van der Waals surface area contributed by atoms with Crippen LogP contribution in [0.4, 0.5) is 13.2 Å². The predicted molar refractivity (Wildman–Crippen MR) is 41.2 cm³/mol. The van der Waals surface area contributed by atoms with Gasteiger partial charge in [0.15, 0.2) is 0 Å². The number of hydrogen-bond donors (Lipinski definition) is 0. The molecule has 2 rings (SSSR count). The van der Waals surface area contributed by atoms with Gasteiger partial charge in [0.05, 0.1) is 5.56 Å². The summed E-state index contributed by atoms with van der Waals surface area (Å²) in [4.78, 5) is 3.50. The molecule has 0 spiro atoms. The fourth-order valence-corrected chi connectivity index (χ4v) is 1.39. The molecule has 1 saturated carbocycles. The standard InChI is InChI=1S/C9H8F3N/c10-9(11,12)8-5-13-4-3-7(8)6-1-2-6/h3-6H,1-2H2. The predicted octanol–water partition coefficient (Wildman–Crippen LogP) is 2.98. The molecule has 1 nitrogen and oxygen atoms in total. The first kappa shape index (κ1) is 8.53. The van der Waals surface area contributed by atoms with Crippen molar-refractivity contribution in [2.45, 2.75) is 24.9 Å². The summed E-state index contributed by atoms with van der Waals surface area (Å²) < 4.78 is 37.2. The second-order valence-electron chi connectivity index (χ2n) is 3.23. The molecular weight excluding hydrogens is 179 g/mol. The third-order valence-electron chi connectivity index (χ3n) is 2.18. The van der Waals surface area contributed by atoms with Crippen LogP contribution in [0.1, 0.15) is 29.9 Å². The van der Waals surface area contributed by atoms with Gasteiger partial charge >= 0.3 is 6.18 Å². The summed E-state index contributed by atoms with van der Waals surface area (Å²) in [5.41, 5.74) is -0.167. The van der Waals surface area contributed by atoms with E-state index in [1.807, 2.05) is 0 Å². The highest BCUT2D eigenvalue weighted by Gasteiger charge is 2.38. The Bertz CT molecular complexity index is 315. The number of alkyl halides is 3. The average Bonchev–Trinajstić information content (AvgIpc) is 2.85. The van der Waals surface area contributed by atoms with Crippen LogP contribution in [0, 0.1) is 0 Å². The number of rotatable bonds is 1. The normalized spacial score (nSPS) is 17.5. The largest absolute Gasteiger partial charge is 0.418 e. The van der Waals surface area contributed by atoms with Gasteiger partial charge in [-0.3, -0.25) is 4.98 Å². The quantitative estimate of drug-likeness (QED) is 0.658. The Balaban J connectivity index is 2.43. The van der Waals surface area contributed by atoms with Crippen molar-refractivity contribution in [2.75, 3.05) is 0 Å². The van der Waals surface area contributed by atoms with Crippen molar-refractivity contribution in [1.82, 2.24) is 4.98 Å². The highest BCUT2D eigenvalue weighted by Crippen LogP contribution is 2.45. The first-order valence-electron chi connectivity index (χ1n) is 4.10. The number of pyridine rings is 1. The molecule has 0 atom stereocenters. The molecule has 0 aliphatic heterocycles. The first-order valence-corrected chi connectivity index (χ1v) is 4.10. The van der Waals surface area contributed by atoms with Crippen molar-refractivity contribution in [2.24, 2.45) is 0 Å². The van der Waals surface area contributed by atoms with E-state index in [1.54, 1.807) is 0 Å². The fourth-order valence-electron chi connectivity index (χ4n) is 1.39. The Labute approximate surface area is 73.6 Å². The molecular formula is C9H8F3N. The molecule has 1 aliphatic rings. The SMILES string of the molecule is FC(F)(F)c1cnccc1C1CC1. The molecule has 0 aromatic carbocycles. The first-order chi connectivity index (χ1) is 6.09. The molecule has 0 radical (unpaired) electrons. The Hall–Kier alpha value is -1.06. The molecule has 1 aromatic heterocycles. The van der Waals surface area contributed by atoms with Gasteiger partial charge in [-0.05, 0) is 30.4 Å². The van der Waals surface area contributed by atoms with E-state index < -0.39 is 11.7 Å². The van der Waals surface area contributed by atoms with Crippen molar-refractivity contribution in [3.05, 3.63) is 29.6 Å². The monoisotopic (exact) mass is 187 g/mol. The lowest BCUT2D eigenvalue weighted by Crippen LogP contribution is -2.08. The van der Waals surface area contributed by atoms with Crippen LogP contribution in [0.25, 0.3) is 0 Å². The summed E-state index contributed by atoms with van der Waals surface area (Å²) in [6.45, 7) is 0. The lowest BCUT2D eigenvalue weighted by Gasteiger charge is -2.10. The van der Waals surface area contributed by atoms with Crippen LogP contribution in [0.3, 0.4) is 0 Å². The highest BCUT2D eigenvalue weighted by atomic mass is 19.4. The van der Waals surface area contributed by atoms with Crippen molar-refractivity contribution >= 4 is 0 Å². The van der Waals surface area contributed by atoms with Crippen LogP contribution in [0.2, 0.25) is 0 Å². The molecule has 1 heterocycles. The second kappa shape index (κ2) is 2.72. The van der Waals surface area contributed by atoms with E-state index in [0.717, 1.165) is 19.0 Å². The molecule has 1 aliphatic carbocycles. The van der Waals surface area contributed by atoms with E-state index >= 15 is 0 Å². The number of halogens is 3. The Morgan fingerprint density at radius 1 is 1.31 bits per heavy atom. The van der Waals surface area contributed by atoms with Crippen molar-refractivity contribution in [3.63, 3.8) is 0 Å². The van der Waals surface area contributed by atoms with Gasteiger partial charge in [0, 0.05) is 12.4 Å². The van der Waals surface area contributed by atoms with Crippen LogP contribution < -0.4 is 0 Å². The minimum Gasteiger partial charge on any atom is -0.264 e. The summed E-state index contributed by atoms with van der Waals surface area (Å²) >= 11 is 0. The van der Waals surface area contributed by atoms with Crippen LogP contribution >= 0.6 is 0 Å². The maximum absolute atomic E-state index is 12.4. The smallest absolute Gasteiger partial charge is 0.264 e. The van der Waals surface area contributed by atoms with Crippen molar-refractivity contribution in [1.29, 1.82) is 0 Å². The van der Waals surface area contributed by atoms with Crippen molar-refractivity contribution in [3.8, 4) is 0 Å². The van der Waals surface area contributed by atoms with E-state index in [1.165, 1.54) is 12.3 Å². The highest BCUT2D eigenvalue weighted by molar-refractivity contribution is 5.32. The zero-order valence-corrected chi connectivity index (χ0v) is 6.80. The van der Waals surface area contributed by atoms with Gasteiger partial charge in [-0.2, -0.15) is 13.2 Å². The molecule has 70 valence electrons. The zero-order valence-electron chi connectivity index (χ0n) is 6.80. The van der Waals surface area contributed by atoms with Gasteiger partial charge in [0.1, 0.15) is 0 Å². The van der Waals surface area contributed by atoms with Gasteiger partial charge < -0.3 is 0 Å². The molecule has 0 amide bonds. The maximum atomic E-state index is 12.4.